The predicted octanol–water partition coefficient (Wildman–Crippen LogP) is 14.3. The second-order valence-electron chi connectivity index (χ2n) is 15.2. The van der Waals surface area contributed by atoms with Crippen molar-refractivity contribution in [2.24, 2.45) is 0 Å². The van der Waals surface area contributed by atoms with Crippen molar-refractivity contribution in [2.45, 2.75) is 31.6 Å². The van der Waals surface area contributed by atoms with Crippen LogP contribution in [-0.4, -0.2) is 0 Å². The minimum absolute atomic E-state index is 0.0281. The van der Waals surface area contributed by atoms with Crippen LogP contribution in [0.25, 0.3) is 59.1 Å². The molecule has 252 valence electrons. The third-order valence-corrected chi connectivity index (χ3v) is 13.3. The fourth-order valence-corrected chi connectivity index (χ4v) is 10.7. The van der Waals surface area contributed by atoms with Crippen LogP contribution in [0.4, 0.5) is 11.4 Å². The number of allylic oxidation sites excluding steroid dienone is 4. The minimum Gasteiger partial charge on any atom is -0.313 e. The van der Waals surface area contributed by atoms with Crippen LogP contribution in [0, 0.1) is 0 Å². The Balaban J connectivity index is 1.05. The fraction of sp³-hybridized carbons (Fsp3) is 0.0980. The van der Waals surface area contributed by atoms with Crippen LogP contribution in [0.3, 0.4) is 0 Å². The largest absolute Gasteiger partial charge is 0.313 e. The van der Waals surface area contributed by atoms with E-state index in [1.807, 2.05) is 11.3 Å². The van der Waals surface area contributed by atoms with E-state index in [9.17, 15) is 0 Å². The lowest BCUT2D eigenvalue weighted by atomic mass is 9.71. The van der Waals surface area contributed by atoms with Crippen LogP contribution in [-0.2, 0) is 5.41 Å². The van der Waals surface area contributed by atoms with Gasteiger partial charge in [-0.25, -0.2) is 0 Å². The Kier molecular flexibility index (Phi) is 6.66. The molecule has 3 aliphatic rings. The molecule has 0 saturated heterocycles. The van der Waals surface area contributed by atoms with E-state index in [2.05, 4.69) is 189 Å². The van der Waals surface area contributed by atoms with Gasteiger partial charge >= 0.3 is 0 Å². The number of anilines is 2. The summed E-state index contributed by atoms with van der Waals surface area (Å²) in [4.78, 5) is 2.54. The molecule has 0 fully saturated rings. The normalized spacial score (nSPS) is 16.2. The molecule has 1 atom stereocenters. The average molecular weight is 696 g/mol. The summed E-state index contributed by atoms with van der Waals surface area (Å²) < 4.78 is 2.65. The third-order valence-electron chi connectivity index (χ3n) is 12.1. The van der Waals surface area contributed by atoms with Crippen molar-refractivity contribution in [1.29, 1.82) is 0 Å². The second kappa shape index (κ2) is 11.5. The molecule has 0 N–H and O–H groups in total. The Labute approximate surface area is 314 Å². The molecule has 11 rings (SSSR count). The molecular weight excluding hydrogens is 659 g/mol. The molecule has 1 nitrogen and oxygen atoms in total. The van der Waals surface area contributed by atoms with Gasteiger partial charge in [-0.3, -0.25) is 0 Å². The highest BCUT2D eigenvalue weighted by atomic mass is 32.1. The third kappa shape index (κ3) is 4.55. The van der Waals surface area contributed by atoms with Gasteiger partial charge in [0.25, 0.3) is 0 Å². The van der Waals surface area contributed by atoms with Crippen molar-refractivity contribution in [1.82, 2.24) is 0 Å². The Morgan fingerprint density at radius 3 is 2.09 bits per heavy atom. The summed E-state index contributed by atoms with van der Waals surface area (Å²) in [6, 6.07) is 58.9. The molecule has 0 amide bonds. The second-order valence-corrected chi connectivity index (χ2v) is 16.3. The molecular formula is C51H37NS. The number of thiophene rings is 1. The van der Waals surface area contributed by atoms with Crippen LogP contribution in [0.2, 0.25) is 0 Å². The van der Waals surface area contributed by atoms with Gasteiger partial charge in [-0.1, -0.05) is 147 Å². The molecule has 0 saturated carbocycles. The van der Waals surface area contributed by atoms with Gasteiger partial charge in [0, 0.05) is 38.2 Å². The molecule has 1 aromatic heterocycles. The first-order valence-corrected chi connectivity index (χ1v) is 19.5. The van der Waals surface area contributed by atoms with Gasteiger partial charge in [0.2, 0.25) is 0 Å². The average Bonchev–Trinajstić information content (AvgIpc) is 3.71. The van der Waals surface area contributed by atoms with Crippen molar-refractivity contribution in [2.75, 3.05) is 4.90 Å². The van der Waals surface area contributed by atoms with Gasteiger partial charge < -0.3 is 4.90 Å². The highest BCUT2D eigenvalue weighted by Gasteiger charge is 2.36. The molecule has 1 heterocycles. The maximum atomic E-state index is 2.54. The number of nitrogens with zero attached hydrogens (tertiary/aromatic N) is 1. The predicted molar refractivity (Wildman–Crippen MR) is 226 cm³/mol. The molecule has 0 radical (unpaired) electrons. The van der Waals surface area contributed by atoms with Gasteiger partial charge in [0.05, 0.1) is 10.4 Å². The number of hydrogen-bond acceptors (Lipinski definition) is 2. The Hall–Kier alpha value is -5.96. The molecule has 0 aliphatic heterocycles. The van der Waals surface area contributed by atoms with E-state index in [1.54, 1.807) is 0 Å². The Morgan fingerprint density at radius 1 is 0.547 bits per heavy atom. The molecule has 0 bridgehead atoms. The fourth-order valence-electron chi connectivity index (χ4n) is 9.48. The summed E-state index contributed by atoms with van der Waals surface area (Å²) in [5.74, 6) is 0.281. The van der Waals surface area contributed by atoms with Gasteiger partial charge in [0.15, 0.2) is 0 Å². The zero-order chi connectivity index (χ0) is 35.3. The molecule has 7 aromatic carbocycles. The first-order chi connectivity index (χ1) is 26.0. The van der Waals surface area contributed by atoms with E-state index in [-0.39, 0.29) is 11.3 Å². The smallest absolute Gasteiger partial charge is 0.0637 e. The van der Waals surface area contributed by atoms with Crippen molar-refractivity contribution in [3.8, 4) is 33.4 Å². The van der Waals surface area contributed by atoms with E-state index < -0.39 is 0 Å². The van der Waals surface area contributed by atoms with Crippen LogP contribution in [0.15, 0.2) is 176 Å². The van der Waals surface area contributed by atoms with Crippen LogP contribution in [0.5, 0.6) is 0 Å². The summed E-state index contributed by atoms with van der Waals surface area (Å²) in [5, 5.41) is 2.64. The van der Waals surface area contributed by atoms with Gasteiger partial charge in [-0.05, 0) is 104 Å². The van der Waals surface area contributed by atoms with Crippen molar-refractivity contribution in [3.63, 3.8) is 0 Å². The first kappa shape index (κ1) is 30.6. The zero-order valence-electron chi connectivity index (χ0n) is 29.8. The van der Waals surface area contributed by atoms with Crippen molar-refractivity contribution in [3.05, 3.63) is 198 Å². The van der Waals surface area contributed by atoms with E-state index in [0.29, 0.717) is 0 Å². The van der Waals surface area contributed by atoms with Gasteiger partial charge in [-0.2, -0.15) is 0 Å². The molecule has 8 aromatic rings. The lowest BCUT2D eigenvalue weighted by Gasteiger charge is -2.37. The monoisotopic (exact) mass is 695 g/mol. The number of hydrogen-bond donors (Lipinski definition) is 0. The summed E-state index contributed by atoms with van der Waals surface area (Å²) in [7, 11) is 0. The van der Waals surface area contributed by atoms with E-state index in [0.717, 1.165) is 6.42 Å². The molecule has 3 aliphatic carbocycles. The Bertz CT molecular complexity index is 2850. The number of fused-ring (bicyclic) bond motifs is 12. The number of benzene rings is 7. The van der Waals surface area contributed by atoms with Crippen LogP contribution < -0.4 is 4.90 Å². The first-order valence-electron chi connectivity index (χ1n) is 18.7. The molecule has 0 spiro atoms. The van der Waals surface area contributed by atoms with E-state index >= 15 is 0 Å². The van der Waals surface area contributed by atoms with Gasteiger partial charge in [-0.15, -0.1) is 11.3 Å². The van der Waals surface area contributed by atoms with E-state index in [1.165, 1.54) is 98.5 Å². The highest BCUT2D eigenvalue weighted by molar-refractivity contribution is 7.26. The topological polar surface area (TPSA) is 3.24 Å². The quantitative estimate of drug-likeness (QED) is 0.177. The maximum Gasteiger partial charge on any atom is 0.0637 e. The lowest BCUT2D eigenvalue weighted by Crippen LogP contribution is -2.22. The minimum atomic E-state index is -0.0281. The van der Waals surface area contributed by atoms with Gasteiger partial charge in [0.1, 0.15) is 0 Å². The highest BCUT2D eigenvalue weighted by Crippen LogP contribution is 2.53. The zero-order valence-corrected chi connectivity index (χ0v) is 30.6. The summed E-state index contributed by atoms with van der Waals surface area (Å²) in [6.45, 7) is 4.72. The summed E-state index contributed by atoms with van der Waals surface area (Å²) >= 11 is 1.90. The molecule has 53 heavy (non-hydrogen) atoms. The van der Waals surface area contributed by atoms with E-state index in [4.69, 9.17) is 0 Å². The summed E-state index contributed by atoms with van der Waals surface area (Å²) in [5.41, 5.74) is 18.6. The molecule has 1 unspecified atom stereocenters. The molecule has 2 heteroatoms. The van der Waals surface area contributed by atoms with Crippen molar-refractivity contribution >= 4 is 48.5 Å². The van der Waals surface area contributed by atoms with Crippen LogP contribution >= 0.6 is 11.3 Å². The Morgan fingerprint density at radius 2 is 1.23 bits per heavy atom. The SMILES string of the molecule is CC1(C)c2ccccc2-c2ccc(-c3ccc(N(C4=CC=C5c6ccccc6-c6ccccc6C5C4)c4cccc5c4sc4ccccc45)cc3)cc21. The van der Waals surface area contributed by atoms with Crippen molar-refractivity contribution < 1.29 is 0 Å². The standard InChI is InChI=1S/C51H37NS/c1-51(2)46-19-9-7-16-41(46)42-28-24-33(30-47(42)51)32-22-25-34(26-23-32)52(48-20-11-18-44-43-17-8-10-21-49(43)53-50(44)48)35-27-29-40-38-14-4-3-12-36(38)37-13-5-6-15-39(37)45(40)31-35/h3-30,45H,31H2,1-2H3. The maximum absolute atomic E-state index is 2.54. The van der Waals surface area contributed by atoms with Crippen LogP contribution in [0.1, 0.15) is 48.4 Å². The summed E-state index contributed by atoms with van der Waals surface area (Å²) in [6.07, 6.45) is 5.70. The lowest BCUT2D eigenvalue weighted by molar-refractivity contribution is 0.660. The number of rotatable bonds is 4.